The number of nitrogens with one attached hydrogen (secondary N) is 2. The van der Waals surface area contributed by atoms with E-state index >= 15 is 0 Å². The molecule has 3 aromatic rings. The normalized spacial score (nSPS) is 10.8. The third-order valence-corrected chi connectivity index (χ3v) is 7.35. The van der Waals surface area contributed by atoms with E-state index in [0.717, 1.165) is 32.3 Å². The summed E-state index contributed by atoms with van der Waals surface area (Å²) in [5, 5.41) is 6.33. The average molecular weight is 420 g/mol. The first kappa shape index (κ1) is 19.7. The summed E-state index contributed by atoms with van der Waals surface area (Å²) in [6.07, 6.45) is 0.934. The van der Waals surface area contributed by atoms with E-state index in [4.69, 9.17) is 0 Å². The van der Waals surface area contributed by atoms with Crippen LogP contribution in [0.2, 0.25) is 0 Å². The molecular weight excluding hydrogens is 398 g/mol. The number of rotatable bonds is 6. The zero-order valence-corrected chi connectivity index (χ0v) is 18.1. The summed E-state index contributed by atoms with van der Waals surface area (Å²) in [6, 6.07) is 5.94. The van der Waals surface area contributed by atoms with Crippen LogP contribution in [-0.2, 0) is 17.8 Å². The fourth-order valence-corrected chi connectivity index (χ4v) is 5.52. The molecule has 0 fully saturated rings. The van der Waals surface area contributed by atoms with Crippen LogP contribution in [0.4, 0.5) is 5.13 Å². The van der Waals surface area contributed by atoms with Crippen LogP contribution in [0.25, 0.3) is 10.6 Å². The molecule has 0 bridgehead atoms. The van der Waals surface area contributed by atoms with Crippen LogP contribution in [0.1, 0.15) is 43.7 Å². The summed E-state index contributed by atoms with van der Waals surface area (Å²) in [4.78, 5) is 33.3. The molecule has 0 aliphatic heterocycles. The molecule has 142 valence electrons. The van der Waals surface area contributed by atoms with Gasteiger partial charge in [0.25, 0.3) is 5.91 Å². The van der Waals surface area contributed by atoms with Crippen molar-refractivity contribution >= 4 is 51.0 Å². The first-order valence-electron chi connectivity index (χ1n) is 8.59. The largest absolute Gasteiger partial charge is 0.351 e. The summed E-state index contributed by atoms with van der Waals surface area (Å²) < 4.78 is 0. The van der Waals surface area contributed by atoms with Crippen LogP contribution in [0, 0.1) is 13.8 Å². The molecule has 8 heteroatoms. The molecule has 3 heterocycles. The SMILES string of the molecule is CCc1sc(C(=O)Nc2nc(-c3ccc(CNC(C)=O)s3)c(C)s2)cc1C. The summed E-state index contributed by atoms with van der Waals surface area (Å²) in [5.41, 5.74) is 2.04. The molecule has 0 aliphatic carbocycles. The van der Waals surface area contributed by atoms with Crippen molar-refractivity contribution in [3.63, 3.8) is 0 Å². The lowest BCUT2D eigenvalue weighted by atomic mass is 10.2. The van der Waals surface area contributed by atoms with Gasteiger partial charge in [0, 0.05) is 21.6 Å². The first-order valence-corrected chi connectivity index (χ1v) is 11.0. The monoisotopic (exact) mass is 419 g/mol. The van der Waals surface area contributed by atoms with E-state index in [1.165, 1.54) is 34.5 Å². The van der Waals surface area contributed by atoms with Gasteiger partial charge in [0.2, 0.25) is 5.91 Å². The lowest BCUT2D eigenvalue weighted by Crippen LogP contribution is -2.17. The quantitative estimate of drug-likeness (QED) is 0.590. The predicted molar refractivity (Wildman–Crippen MR) is 114 cm³/mol. The molecule has 2 N–H and O–H groups in total. The predicted octanol–water partition coefficient (Wildman–Crippen LogP) is 5.00. The number of hydrogen-bond donors (Lipinski definition) is 2. The van der Waals surface area contributed by atoms with Gasteiger partial charge >= 0.3 is 0 Å². The number of nitrogens with zero attached hydrogens (tertiary/aromatic N) is 1. The van der Waals surface area contributed by atoms with Gasteiger partial charge in [0.05, 0.1) is 22.0 Å². The number of carbonyl (C=O) groups excluding carboxylic acids is 2. The number of hydrogen-bond acceptors (Lipinski definition) is 6. The van der Waals surface area contributed by atoms with Gasteiger partial charge in [-0.05, 0) is 44.0 Å². The molecule has 0 spiro atoms. The van der Waals surface area contributed by atoms with Crippen molar-refractivity contribution in [1.29, 1.82) is 0 Å². The molecule has 0 atom stereocenters. The third kappa shape index (κ3) is 4.63. The first-order chi connectivity index (χ1) is 12.9. The smallest absolute Gasteiger partial charge is 0.267 e. The van der Waals surface area contributed by atoms with Crippen LogP contribution in [-0.4, -0.2) is 16.8 Å². The van der Waals surface area contributed by atoms with Crippen LogP contribution in [0.5, 0.6) is 0 Å². The van der Waals surface area contributed by atoms with Crippen molar-refractivity contribution in [3.05, 3.63) is 43.3 Å². The van der Waals surface area contributed by atoms with Gasteiger partial charge in [-0.1, -0.05) is 6.92 Å². The van der Waals surface area contributed by atoms with Crippen LogP contribution >= 0.6 is 34.0 Å². The van der Waals surface area contributed by atoms with Gasteiger partial charge in [0.1, 0.15) is 0 Å². The number of aromatic nitrogens is 1. The number of aryl methyl sites for hydroxylation is 3. The minimum absolute atomic E-state index is 0.0465. The van der Waals surface area contributed by atoms with Gasteiger partial charge in [-0.3, -0.25) is 14.9 Å². The molecular formula is C19H21N3O2S3. The third-order valence-electron chi connectivity index (χ3n) is 3.99. The second-order valence-corrected chi connectivity index (χ2v) is 9.63. The molecule has 27 heavy (non-hydrogen) atoms. The molecule has 0 radical (unpaired) electrons. The van der Waals surface area contributed by atoms with Gasteiger partial charge in [-0.2, -0.15) is 0 Å². The summed E-state index contributed by atoms with van der Waals surface area (Å²) in [5.74, 6) is -0.157. The molecule has 0 saturated carbocycles. The van der Waals surface area contributed by atoms with E-state index in [1.54, 1.807) is 11.3 Å². The van der Waals surface area contributed by atoms with Crippen molar-refractivity contribution in [2.24, 2.45) is 0 Å². The van der Waals surface area contributed by atoms with Gasteiger partial charge in [0.15, 0.2) is 5.13 Å². The summed E-state index contributed by atoms with van der Waals surface area (Å²) >= 11 is 4.61. The number of amides is 2. The van der Waals surface area contributed by atoms with Crippen molar-refractivity contribution in [2.45, 2.75) is 40.7 Å². The van der Waals surface area contributed by atoms with E-state index in [0.29, 0.717) is 16.6 Å². The Balaban J connectivity index is 1.74. The Hall–Kier alpha value is -2.03. The van der Waals surface area contributed by atoms with Gasteiger partial charge < -0.3 is 5.32 Å². The van der Waals surface area contributed by atoms with Gasteiger partial charge in [-0.15, -0.1) is 34.0 Å². The molecule has 0 saturated heterocycles. The molecule has 0 unspecified atom stereocenters. The maximum absolute atomic E-state index is 12.5. The second kappa shape index (κ2) is 8.33. The molecule has 0 aliphatic rings. The molecule has 0 aromatic carbocycles. The number of thiazole rings is 1. The zero-order valence-electron chi connectivity index (χ0n) is 15.6. The number of thiophene rings is 2. The maximum atomic E-state index is 12.5. The second-order valence-electron chi connectivity index (χ2n) is 6.12. The van der Waals surface area contributed by atoms with E-state index in [9.17, 15) is 9.59 Å². The van der Waals surface area contributed by atoms with Crippen molar-refractivity contribution < 1.29 is 9.59 Å². The highest BCUT2D eigenvalue weighted by molar-refractivity contribution is 7.18. The highest BCUT2D eigenvalue weighted by Gasteiger charge is 2.16. The Morgan fingerprint density at radius 2 is 1.93 bits per heavy atom. The topological polar surface area (TPSA) is 71.1 Å². The fourth-order valence-electron chi connectivity index (χ4n) is 2.63. The maximum Gasteiger partial charge on any atom is 0.267 e. The van der Waals surface area contributed by atoms with Crippen LogP contribution in [0.15, 0.2) is 18.2 Å². The molecule has 2 amide bonds. The molecule has 3 rings (SSSR count). The van der Waals surface area contributed by atoms with Gasteiger partial charge in [-0.25, -0.2) is 4.98 Å². The van der Waals surface area contributed by atoms with E-state index < -0.39 is 0 Å². The fraction of sp³-hybridized carbons (Fsp3) is 0.316. The molecule has 5 nitrogen and oxygen atoms in total. The number of anilines is 1. The van der Waals surface area contributed by atoms with E-state index in [-0.39, 0.29) is 11.8 Å². The Labute approximate surface area is 170 Å². The number of carbonyl (C=O) groups is 2. The highest BCUT2D eigenvalue weighted by Crippen LogP contribution is 2.35. The van der Waals surface area contributed by atoms with Crippen LogP contribution < -0.4 is 10.6 Å². The Bertz CT molecular complexity index is 984. The Morgan fingerprint density at radius 1 is 1.15 bits per heavy atom. The Kier molecular flexibility index (Phi) is 6.08. The van der Waals surface area contributed by atoms with Crippen LogP contribution in [0.3, 0.4) is 0 Å². The van der Waals surface area contributed by atoms with E-state index in [2.05, 4.69) is 22.5 Å². The van der Waals surface area contributed by atoms with Crippen molar-refractivity contribution in [3.8, 4) is 10.6 Å². The highest BCUT2D eigenvalue weighted by atomic mass is 32.1. The standard InChI is InChI=1S/C19H21N3O2S3/c1-5-14-10(2)8-16(27-14)18(24)22-19-21-17(11(3)25-19)15-7-6-13(26-15)9-20-12(4)23/h6-8H,5,9H2,1-4H3,(H,20,23)(H,21,22,24). The van der Waals surface area contributed by atoms with Crippen molar-refractivity contribution in [2.75, 3.05) is 5.32 Å². The minimum Gasteiger partial charge on any atom is -0.351 e. The summed E-state index contributed by atoms with van der Waals surface area (Å²) in [6.45, 7) is 8.16. The lowest BCUT2D eigenvalue weighted by molar-refractivity contribution is -0.119. The minimum atomic E-state index is -0.111. The molecule has 3 aromatic heterocycles. The zero-order chi connectivity index (χ0) is 19.6. The lowest BCUT2D eigenvalue weighted by Gasteiger charge is -1.98. The van der Waals surface area contributed by atoms with E-state index in [1.807, 2.05) is 32.0 Å². The summed E-state index contributed by atoms with van der Waals surface area (Å²) in [7, 11) is 0. The Morgan fingerprint density at radius 3 is 2.59 bits per heavy atom. The van der Waals surface area contributed by atoms with Crippen molar-refractivity contribution in [1.82, 2.24) is 10.3 Å². The average Bonchev–Trinajstić information content (AvgIpc) is 3.31.